The highest BCUT2D eigenvalue weighted by Crippen LogP contribution is 2.21. The fourth-order valence-electron chi connectivity index (χ4n) is 1.74. The molecule has 1 N–H and O–H groups in total. The number of hydrogen-bond acceptors (Lipinski definition) is 3. The minimum absolute atomic E-state index is 0.0485. The summed E-state index contributed by atoms with van der Waals surface area (Å²) in [5.74, 6) is -0.912. The highest BCUT2D eigenvalue weighted by atomic mass is 79.9. The van der Waals surface area contributed by atoms with Crippen molar-refractivity contribution in [3.63, 3.8) is 0 Å². The standard InChI is InChI=1S/C14H11BrN2O2S/c1-2-7-17-13(19)10(12(18)16-14(17)20)8-9-5-3-4-6-11(9)15/h2-6,8H,1,7H2,(H,16,18,20)/b10-8+. The van der Waals surface area contributed by atoms with E-state index in [4.69, 9.17) is 12.2 Å². The molecule has 1 aromatic rings. The number of thiocarbonyl (C=S) groups is 1. The summed E-state index contributed by atoms with van der Waals surface area (Å²) in [4.78, 5) is 25.5. The summed E-state index contributed by atoms with van der Waals surface area (Å²) in [6, 6.07) is 7.33. The Balaban J connectivity index is 2.42. The van der Waals surface area contributed by atoms with Crippen LogP contribution in [0, 0.1) is 0 Å². The summed E-state index contributed by atoms with van der Waals surface area (Å²) in [5, 5.41) is 2.60. The molecule has 2 rings (SSSR count). The maximum absolute atomic E-state index is 12.3. The van der Waals surface area contributed by atoms with Crippen molar-refractivity contribution in [3.05, 3.63) is 52.5 Å². The van der Waals surface area contributed by atoms with Gasteiger partial charge >= 0.3 is 0 Å². The van der Waals surface area contributed by atoms with Crippen molar-refractivity contribution < 1.29 is 9.59 Å². The molecular formula is C14H11BrN2O2S. The minimum atomic E-state index is -0.490. The first-order valence-electron chi connectivity index (χ1n) is 5.79. The van der Waals surface area contributed by atoms with Crippen LogP contribution in [0.15, 0.2) is 47.0 Å². The number of hydrogen-bond donors (Lipinski definition) is 1. The fourth-order valence-corrected chi connectivity index (χ4v) is 2.39. The van der Waals surface area contributed by atoms with Crippen molar-refractivity contribution in [1.29, 1.82) is 0 Å². The first-order valence-corrected chi connectivity index (χ1v) is 6.99. The van der Waals surface area contributed by atoms with Gasteiger partial charge in [0, 0.05) is 11.0 Å². The lowest BCUT2D eigenvalue weighted by Crippen LogP contribution is -2.53. The van der Waals surface area contributed by atoms with E-state index in [0.29, 0.717) is 0 Å². The van der Waals surface area contributed by atoms with E-state index >= 15 is 0 Å². The van der Waals surface area contributed by atoms with Gasteiger partial charge in [0.1, 0.15) is 5.57 Å². The second kappa shape index (κ2) is 6.11. The Morgan fingerprint density at radius 3 is 2.70 bits per heavy atom. The van der Waals surface area contributed by atoms with Gasteiger partial charge < -0.3 is 0 Å². The van der Waals surface area contributed by atoms with Crippen LogP contribution in [0.4, 0.5) is 0 Å². The second-order valence-electron chi connectivity index (χ2n) is 4.04. The van der Waals surface area contributed by atoms with E-state index in [1.165, 1.54) is 4.90 Å². The predicted octanol–water partition coefficient (Wildman–Crippen LogP) is 2.26. The van der Waals surface area contributed by atoms with Crippen LogP contribution in [0.1, 0.15) is 5.56 Å². The summed E-state index contributed by atoms with van der Waals surface area (Å²) in [6.07, 6.45) is 3.09. The van der Waals surface area contributed by atoms with E-state index in [9.17, 15) is 9.59 Å². The Labute approximate surface area is 130 Å². The highest BCUT2D eigenvalue weighted by Gasteiger charge is 2.32. The van der Waals surface area contributed by atoms with Gasteiger partial charge in [-0.05, 0) is 29.9 Å². The van der Waals surface area contributed by atoms with Crippen LogP contribution >= 0.6 is 28.1 Å². The number of benzene rings is 1. The van der Waals surface area contributed by atoms with Crippen molar-refractivity contribution in [2.45, 2.75) is 0 Å². The Hall–Kier alpha value is -1.79. The van der Waals surface area contributed by atoms with Crippen LogP contribution in [-0.4, -0.2) is 28.4 Å². The fraction of sp³-hybridized carbons (Fsp3) is 0.0714. The van der Waals surface area contributed by atoms with E-state index in [1.54, 1.807) is 12.2 Å². The molecule has 0 atom stereocenters. The number of carbonyl (C=O) groups is 2. The number of rotatable bonds is 3. The molecule has 1 aliphatic heterocycles. The van der Waals surface area contributed by atoms with E-state index in [0.717, 1.165) is 10.0 Å². The number of carbonyl (C=O) groups excluding carboxylic acids is 2. The monoisotopic (exact) mass is 350 g/mol. The molecule has 1 saturated heterocycles. The third-order valence-electron chi connectivity index (χ3n) is 2.70. The maximum Gasteiger partial charge on any atom is 0.265 e. The normalized spacial score (nSPS) is 17.4. The Bertz CT molecular complexity index is 640. The van der Waals surface area contributed by atoms with E-state index in [-0.39, 0.29) is 17.2 Å². The van der Waals surface area contributed by atoms with Gasteiger partial charge in [-0.15, -0.1) is 6.58 Å². The Morgan fingerprint density at radius 1 is 1.35 bits per heavy atom. The highest BCUT2D eigenvalue weighted by molar-refractivity contribution is 9.10. The molecule has 0 radical (unpaired) electrons. The smallest absolute Gasteiger partial charge is 0.265 e. The van der Waals surface area contributed by atoms with Crippen molar-refractivity contribution in [2.24, 2.45) is 0 Å². The SMILES string of the molecule is C=CCN1C(=O)/C(=C/c2ccccc2Br)C(=O)NC1=S. The van der Waals surface area contributed by atoms with Crippen LogP contribution in [0.2, 0.25) is 0 Å². The van der Waals surface area contributed by atoms with E-state index < -0.39 is 11.8 Å². The average molecular weight is 351 g/mol. The largest absolute Gasteiger partial charge is 0.298 e. The zero-order valence-electron chi connectivity index (χ0n) is 10.4. The van der Waals surface area contributed by atoms with Gasteiger partial charge in [0.2, 0.25) is 0 Å². The molecule has 1 fully saturated rings. The van der Waals surface area contributed by atoms with Gasteiger partial charge in [0.25, 0.3) is 11.8 Å². The molecule has 102 valence electrons. The van der Waals surface area contributed by atoms with Crippen LogP contribution < -0.4 is 5.32 Å². The quantitative estimate of drug-likeness (QED) is 0.393. The van der Waals surface area contributed by atoms with Gasteiger partial charge in [-0.1, -0.05) is 40.2 Å². The lowest BCUT2D eigenvalue weighted by molar-refractivity contribution is -0.128. The Kier molecular flexibility index (Phi) is 4.46. The number of amides is 2. The zero-order chi connectivity index (χ0) is 14.7. The molecule has 1 heterocycles. The molecule has 1 aliphatic rings. The maximum atomic E-state index is 12.3. The molecule has 0 unspecified atom stereocenters. The van der Waals surface area contributed by atoms with Crippen LogP contribution in [0.5, 0.6) is 0 Å². The van der Waals surface area contributed by atoms with E-state index in [2.05, 4.69) is 27.8 Å². The third kappa shape index (κ3) is 2.86. The number of halogens is 1. The van der Waals surface area contributed by atoms with Gasteiger partial charge in [-0.25, -0.2) is 0 Å². The summed E-state index contributed by atoms with van der Waals surface area (Å²) in [7, 11) is 0. The lowest BCUT2D eigenvalue weighted by Gasteiger charge is -2.27. The molecule has 2 amide bonds. The van der Waals surface area contributed by atoms with Gasteiger partial charge in [0.15, 0.2) is 5.11 Å². The Morgan fingerprint density at radius 2 is 2.05 bits per heavy atom. The number of nitrogens with one attached hydrogen (secondary N) is 1. The topological polar surface area (TPSA) is 49.4 Å². The molecule has 0 saturated carbocycles. The molecule has 6 heteroatoms. The van der Waals surface area contributed by atoms with Gasteiger partial charge in [-0.2, -0.15) is 0 Å². The third-order valence-corrected chi connectivity index (χ3v) is 3.75. The molecule has 0 bridgehead atoms. The summed E-state index contributed by atoms with van der Waals surface area (Å²) < 4.78 is 0.802. The van der Waals surface area contributed by atoms with Crippen molar-refractivity contribution in [3.8, 4) is 0 Å². The molecule has 0 aliphatic carbocycles. The summed E-state index contributed by atoms with van der Waals surface area (Å²) in [6.45, 7) is 3.83. The minimum Gasteiger partial charge on any atom is -0.298 e. The second-order valence-corrected chi connectivity index (χ2v) is 5.28. The van der Waals surface area contributed by atoms with Crippen LogP contribution in [0.3, 0.4) is 0 Å². The van der Waals surface area contributed by atoms with Gasteiger partial charge in [0.05, 0.1) is 0 Å². The van der Waals surface area contributed by atoms with Crippen molar-refractivity contribution in [2.75, 3.05) is 6.54 Å². The first-order chi connectivity index (χ1) is 9.54. The molecule has 0 aromatic heterocycles. The molecule has 20 heavy (non-hydrogen) atoms. The van der Waals surface area contributed by atoms with E-state index in [1.807, 2.05) is 24.3 Å². The molecule has 1 aromatic carbocycles. The first kappa shape index (κ1) is 14.6. The van der Waals surface area contributed by atoms with Crippen molar-refractivity contribution in [1.82, 2.24) is 10.2 Å². The molecular weight excluding hydrogens is 340 g/mol. The predicted molar refractivity (Wildman–Crippen MR) is 84.8 cm³/mol. The lowest BCUT2D eigenvalue weighted by atomic mass is 10.1. The van der Waals surface area contributed by atoms with Crippen LogP contribution in [-0.2, 0) is 9.59 Å². The molecule has 4 nitrogen and oxygen atoms in total. The van der Waals surface area contributed by atoms with Crippen molar-refractivity contribution >= 4 is 51.2 Å². The zero-order valence-corrected chi connectivity index (χ0v) is 12.8. The summed E-state index contributed by atoms with van der Waals surface area (Å²) in [5.41, 5.74) is 0.796. The summed E-state index contributed by atoms with van der Waals surface area (Å²) >= 11 is 8.36. The van der Waals surface area contributed by atoms with Gasteiger partial charge in [-0.3, -0.25) is 19.8 Å². The molecule has 0 spiro atoms. The van der Waals surface area contributed by atoms with Crippen LogP contribution in [0.25, 0.3) is 6.08 Å². The number of nitrogens with zero attached hydrogens (tertiary/aromatic N) is 1. The average Bonchev–Trinajstić information content (AvgIpc) is 2.41.